The van der Waals surface area contributed by atoms with Gasteiger partial charge in [-0.15, -0.1) is 0 Å². The maximum absolute atomic E-state index is 13.3. The molecule has 2 aromatic heterocycles. The van der Waals surface area contributed by atoms with E-state index in [0.717, 1.165) is 18.5 Å². The Labute approximate surface area is 167 Å². The number of aromatic nitrogens is 3. The molecule has 164 valence electrons. The zero-order valence-electron chi connectivity index (χ0n) is 15.9. The molecule has 0 saturated heterocycles. The van der Waals surface area contributed by atoms with Crippen LogP contribution in [-0.2, 0) is 18.9 Å². The molecule has 3 N–H and O–H groups in total. The SMILES string of the molecule is CC1(C)[C@@H](O)C[C@H]1Nc1nc(NCc2cnccc2C(F)(F)F)ncc1C(F)(F)F. The molecule has 1 aliphatic rings. The Morgan fingerprint density at radius 1 is 1.10 bits per heavy atom. The van der Waals surface area contributed by atoms with Gasteiger partial charge in [-0.1, -0.05) is 13.8 Å². The number of alkyl halides is 6. The molecular formula is C18H19F6N5O. The van der Waals surface area contributed by atoms with Crippen LogP contribution in [0.2, 0.25) is 0 Å². The van der Waals surface area contributed by atoms with Gasteiger partial charge in [0, 0.05) is 42.2 Å². The molecule has 1 saturated carbocycles. The second-order valence-corrected chi connectivity index (χ2v) is 7.61. The Kier molecular flexibility index (Phi) is 5.56. The highest BCUT2D eigenvalue weighted by Gasteiger charge is 2.48. The largest absolute Gasteiger partial charge is 0.421 e. The van der Waals surface area contributed by atoms with E-state index in [1.807, 2.05) is 0 Å². The van der Waals surface area contributed by atoms with Crippen LogP contribution in [0.4, 0.5) is 38.1 Å². The van der Waals surface area contributed by atoms with Crippen molar-refractivity contribution in [3.63, 3.8) is 0 Å². The fourth-order valence-electron chi connectivity index (χ4n) is 3.12. The summed E-state index contributed by atoms with van der Waals surface area (Å²) in [4.78, 5) is 11.1. The summed E-state index contributed by atoms with van der Waals surface area (Å²) in [6, 6.07) is 0.341. The number of nitrogens with one attached hydrogen (secondary N) is 2. The van der Waals surface area contributed by atoms with Crippen LogP contribution in [0.1, 0.15) is 37.0 Å². The van der Waals surface area contributed by atoms with Crippen molar-refractivity contribution in [3.05, 3.63) is 41.3 Å². The molecular weight excluding hydrogens is 416 g/mol. The van der Waals surface area contributed by atoms with Crippen molar-refractivity contribution in [2.24, 2.45) is 5.41 Å². The average Bonchev–Trinajstić information content (AvgIpc) is 2.65. The molecule has 6 nitrogen and oxygen atoms in total. The molecule has 0 unspecified atom stereocenters. The summed E-state index contributed by atoms with van der Waals surface area (Å²) in [6.45, 7) is 3.02. The van der Waals surface area contributed by atoms with Gasteiger partial charge in [0.1, 0.15) is 11.4 Å². The average molecular weight is 435 g/mol. The van der Waals surface area contributed by atoms with Crippen LogP contribution in [0.25, 0.3) is 0 Å². The minimum Gasteiger partial charge on any atom is -0.392 e. The van der Waals surface area contributed by atoms with E-state index in [2.05, 4.69) is 25.6 Å². The van der Waals surface area contributed by atoms with Gasteiger partial charge in [0.25, 0.3) is 0 Å². The van der Waals surface area contributed by atoms with Crippen molar-refractivity contribution in [1.29, 1.82) is 0 Å². The van der Waals surface area contributed by atoms with Crippen LogP contribution in [0.15, 0.2) is 24.7 Å². The second kappa shape index (κ2) is 7.56. The Morgan fingerprint density at radius 2 is 1.77 bits per heavy atom. The first kappa shape index (κ1) is 22.1. The predicted molar refractivity (Wildman–Crippen MR) is 95.4 cm³/mol. The summed E-state index contributed by atoms with van der Waals surface area (Å²) in [5.41, 5.74) is -2.90. The topological polar surface area (TPSA) is 83.0 Å². The molecule has 1 aliphatic carbocycles. The van der Waals surface area contributed by atoms with Gasteiger partial charge in [0.2, 0.25) is 5.95 Å². The summed E-state index contributed by atoms with van der Waals surface area (Å²) in [6.07, 6.45) is -7.20. The quantitative estimate of drug-likeness (QED) is 0.614. The van der Waals surface area contributed by atoms with Crippen LogP contribution in [0.5, 0.6) is 0 Å². The molecule has 0 spiro atoms. The van der Waals surface area contributed by atoms with E-state index in [1.165, 1.54) is 0 Å². The van der Waals surface area contributed by atoms with Crippen molar-refractivity contribution >= 4 is 11.8 Å². The second-order valence-electron chi connectivity index (χ2n) is 7.61. The van der Waals surface area contributed by atoms with Gasteiger partial charge in [-0.3, -0.25) is 4.98 Å². The number of halogens is 6. The summed E-state index contributed by atoms with van der Waals surface area (Å²) in [5, 5.41) is 15.0. The Hall–Kier alpha value is -2.63. The van der Waals surface area contributed by atoms with Gasteiger partial charge in [-0.25, -0.2) is 4.98 Å². The lowest BCUT2D eigenvalue weighted by molar-refractivity contribution is -0.138. The molecule has 2 atom stereocenters. The number of rotatable bonds is 5. The number of anilines is 2. The van der Waals surface area contributed by atoms with Gasteiger partial charge >= 0.3 is 12.4 Å². The van der Waals surface area contributed by atoms with Crippen molar-refractivity contribution in [3.8, 4) is 0 Å². The third-order valence-electron chi connectivity index (χ3n) is 5.27. The van der Waals surface area contributed by atoms with Crippen molar-refractivity contribution in [2.45, 2.75) is 51.3 Å². The smallest absolute Gasteiger partial charge is 0.392 e. The van der Waals surface area contributed by atoms with Crippen molar-refractivity contribution in [1.82, 2.24) is 15.0 Å². The monoisotopic (exact) mass is 435 g/mol. The van der Waals surface area contributed by atoms with Gasteiger partial charge in [0.15, 0.2) is 0 Å². The third-order valence-corrected chi connectivity index (χ3v) is 5.27. The highest BCUT2D eigenvalue weighted by Crippen LogP contribution is 2.43. The molecule has 12 heteroatoms. The van der Waals surface area contributed by atoms with Crippen LogP contribution in [0.3, 0.4) is 0 Å². The first-order chi connectivity index (χ1) is 13.8. The van der Waals surface area contributed by atoms with E-state index in [1.54, 1.807) is 13.8 Å². The van der Waals surface area contributed by atoms with Gasteiger partial charge in [-0.05, 0) is 12.5 Å². The first-order valence-corrected chi connectivity index (χ1v) is 8.93. The van der Waals surface area contributed by atoms with E-state index in [0.29, 0.717) is 6.20 Å². The number of pyridine rings is 1. The van der Waals surface area contributed by atoms with E-state index in [-0.39, 0.29) is 24.5 Å². The van der Waals surface area contributed by atoms with Crippen LogP contribution >= 0.6 is 0 Å². The van der Waals surface area contributed by atoms with Crippen LogP contribution in [-0.4, -0.2) is 32.2 Å². The number of hydrogen-bond acceptors (Lipinski definition) is 6. The number of hydrogen-bond donors (Lipinski definition) is 3. The van der Waals surface area contributed by atoms with Crippen molar-refractivity contribution in [2.75, 3.05) is 10.6 Å². The van der Waals surface area contributed by atoms with Crippen LogP contribution < -0.4 is 10.6 Å². The molecule has 2 aromatic rings. The Bertz CT molecular complexity index is 915. The molecule has 1 fully saturated rings. The molecule has 3 rings (SSSR count). The molecule has 2 heterocycles. The highest BCUT2D eigenvalue weighted by molar-refractivity contribution is 5.50. The lowest BCUT2D eigenvalue weighted by atomic mass is 9.64. The normalized spacial score (nSPS) is 21.1. The fraction of sp³-hybridized carbons (Fsp3) is 0.500. The van der Waals surface area contributed by atoms with Gasteiger partial charge < -0.3 is 15.7 Å². The Morgan fingerprint density at radius 3 is 2.33 bits per heavy atom. The summed E-state index contributed by atoms with van der Waals surface area (Å²) >= 11 is 0. The third kappa shape index (κ3) is 4.42. The lowest BCUT2D eigenvalue weighted by Gasteiger charge is -2.49. The van der Waals surface area contributed by atoms with E-state index < -0.39 is 46.9 Å². The fourth-order valence-corrected chi connectivity index (χ4v) is 3.12. The maximum Gasteiger partial charge on any atom is 0.421 e. The molecule has 0 aromatic carbocycles. The summed E-state index contributed by atoms with van der Waals surface area (Å²) in [5.74, 6) is -0.785. The first-order valence-electron chi connectivity index (χ1n) is 8.93. The van der Waals surface area contributed by atoms with Gasteiger partial charge in [-0.2, -0.15) is 31.3 Å². The lowest BCUT2D eigenvalue weighted by Crippen LogP contribution is -2.57. The zero-order chi connectivity index (χ0) is 22.3. The van der Waals surface area contributed by atoms with E-state index >= 15 is 0 Å². The number of nitrogens with zero attached hydrogens (tertiary/aromatic N) is 3. The number of aliphatic hydroxyl groups is 1. The van der Waals surface area contributed by atoms with Gasteiger partial charge in [0.05, 0.1) is 11.7 Å². The van der Waals surface area contributed by atoms with Crippen molar-refractivity contribution < 1.29 is 31.4 Å². The molecule has 30 heavy (non-hydrogen) atoms. The van der Waals surface area contributed by atoms with E-state index in [9.17, 15) is 31.4 Å². The predicted octanol–water partition coefficient (Wildman–Crippen LogP) is 4.09. The summed E-state index contributed by atoms with van der Waals surface area (Å²) < 4.78 is 79.2. The molecule has 0 amide bonds. The molecule has 0 radical (unpaired) electrons. The van der Waals surface area contributed by atoms with Crippen LogP contribution in [0, 0.1) is 5.41 Å². The minimum absolute atomic E-state index is 0.203. The Balaban J connectivity index is 1.84. The summed E-state index contributed by atoms with van der Waals surface area (Å²) in [7, 11) is 0. The maximum atomic E-state index is 13.3. The molecule has 0 bridgehead atoms. The zero-order valence-corrected chi connectivity index (χ0v) is 15.9. The molecule has 0 aliphatic heterocycles. The standard InChI is InChI=1S/C18H19F6N5O/c1-16(2)12(5-13(16)30)28-14-11(18(22,23)24)8-27-15(29-14)26-7-9-6-25-4-3-10(9)17(19,20)21/h3-4,6,8,12-13,30H,5,7H2,1-2H3,(H2,26,27,28,29)/t12-,13+/m1/s1. The minimum atomic E-state index is -4.74. The highest BCUT2D eigenvalue weighted by atomic mass is 19.4. The number of aliphatic hydroxyl groups excluding tert-OH is 1. The van der Waals surface area contributed by atoms with E-state index in [4.69, 9.17) is 0 Å².